The molecule has 0 spiro atoms. The molecule has 0 unspecified atom stereocenters. The summed E-state index contributed by atoms with van der Waals surface area (Å²) in [7, 11) is 1.77. The molecule has 0 saturated heterocycles. The van der Waals surface area contributed by atoms with Crippen LogP contribution in [0.4, 0.5) is 0 Å². The zero-order valence-electron chi connectivity index (χ0n) is 14.1. The summed E-state index contributed by atoms with van der Waals surface area (Å²) in [6.45, 7) is 0.145. The molecule has 8 nitrogen and oxygen atoms in total. The Morgan fingerprint density at radius 3 is 2.88 bits per heavy atom. The number of para-hydroxylation sites is 2. The third-order valence-electron chi connectivity index (χ3n) is 4.20. The molecule has 2 amide bonds. The van der Waals surface area contributed by atoms with Crippen molar-refractivity contribution >= 4 is 33.9 Å². The summed E-state index contributed by atoms with van der Waals surface area (Å²) in [6, 6.07) is 11.1. The highest BCUT2D eigenvalue weighted by molar-refractivity contribution is 5.99. The molecule has 0 radical (unpaired) electrons. The molecule has 0 aliphatic rings. The Morgan fingerprint density at radius 2 is 2.08 bits per heavy atom. The molecule has 3 aromatic heterocycles. The van der Waals surface area contributed by atoms with Crippen LogP contribution in [0, 0.1) is 0 Å². The van der Waals surface area contributed by atoms with Crippen LogP contribution in [0.2, 0.25) is 0 Å². The summed E-state index contributed by atoms with van der Waals surface area (Å²) in [6.07, 6.45) is 1.57. The largest absolute Gasteiger partial charge is 0.463 e. The average molecular weight is 351 g/mol. The van der Waals surface area contributed by atoms with Gasteiger partial charge < -0.3 is 24.6 Å². The minimum Gasteiger partial charge on any atom is -0.463 e. The fourth-order valence-electron chi connectivity index (χ4n) is 2.85. The van der Waals surface area contributed by atoms with E-state index in [1.807, 2.05) is 24.3 Å². The van der Waals surface area contributed by atoms with Crippen molar-refractivity contribution < 1.29 is 14.0 Å². The molecule has 0 saturated carbocycles. The van der Waals surface area contributed by atoms with Crippen molar-refractivity contribution in [3.05, 3.63) is 54.2 Å². The molecule has 0 fully saturated rings. The first-order valence-electron chi connectivity index (χ1n) is 8.13. The molecule has 4 rings (SSSR count). The van der Waals surface area contributed by atoms with E-state index in [2.05, 4.69) is 20.6 Å². The molecule has 8 heteroatoms. The van der Waals surface area contributed by atoms with E-state index < -0.39 is 0 Å². The predicted octanol–water partition coefficient (Wildman–Crippen LogP) is 1.69. The fourth-order valence-corrected chi connectivity index (χ4v) is 2.85. The number of benzene rings is 1. The van der Waals surface area contributed by atoms with E-state index in [0.29, 0.717) is 17.1 Å². The lowest BCUT2D eigenvalue weighted by atomic mass is 10.3. The Bertz CT molecular complexity index is 1070. The second-order valence-corrected chi connectivity index (χ2v) is 5.92. The third-order valence-corrected chi connectivity index (χ3v) is 4.20. The highest BCUT2D eigenvalue weighted by atomic mass is 16.3. The third kappa shape index (κ3) is 2.92. The predicted molar refractivity (Wildman–Crippen MR) is 95.5 cm³/mol. The van der Waals surface area contributed by atoms with Gasteiger partial charge in [-0.15, -0.1) is 0 Å². The summed E-state index contributed by atoms with van der Waals surface area (Å²) in [4.78, 5) is 31.8. The van der Waals surface area contributed by atoms with Gasteiger partial charge >= 0.3 is 0 Å². The summed E-state index contributed by atoms with van der Waals surface area (Å²) < 4.78 is 7.00. The van der Waals surface area contributed by atoms with Gasteiger partial charge in [0, 0.05) is 19.2 Å². The molecule has 132 valence electrons. The van der Waals surface area contributed by atoms with Crippen LogP contribution in [0.3, 0.4) is 0 Å². The van der Waals surface area contributed by atoms with Crippen molar-refractivity contribution in [2.45, 2.75) is 6.54 Å². The maximum Gasteiger partial charge on any atom is 0.268 e. The number of H-pyrrole nitrogens is 1. The Morgan fingerprint density at radius 1 is 1.23 bits per heavy atom. The van der Waals surface area contributed by atoms with Crippen molar-refractivity contribution in [2.24, 2.45) is 7.05 Å². The SMILES string of the molecule is Cn1c(C(=O)NCC(=O)NCc2nc3ccccc3[nH]2)cc2occc21. The van der Waals surface area contributed by atoms with Crippen LogP contribution < -0.4 is 10.6 Å². The smallest absolute Gasteiger partial charge is 0.268 e. The van der Waals surface area contributed by atoms with Crippen LogP contribution in [0.1, 0.15) is 16.3 Å². The van der Waals surface area contributed by atoms with E-state index >= 15 is 0 Å². The Balaban J connectivity index is 1.32. The van der Waals surface area contributed by atoms with E-state index in [0.717, 1.165) is 16.6 Å². The number of carbonyl (C=O) groups excluding carboxylic acids is 2. The number of nitrogens with one attached hydrogen (secondary N) is 3. The molecule has 26 heavy (non-hydrogen) atoms. The highest BCUT2D eigenvalue weighted by Crippen LogP contribution is 2.19. The van der Waals surface area contributed by atoms with E-state index in [1.54, 1.807) is 30.0 Å². The molecule has 0 aliphatic heterocycles. The van der Waals surface area contributed by atoms with Crippen LogP contribution in [0.25, 0.3) is 22.1 Å². The van der Waals surface area contributed by atoms with Crippen molar-refractivity contribution in [3.63, 3.8) is 0 Å². The van der Waals surface area contributed by atoms with E-state index in [1.165, 1.54) is 0 Å². The first-order valence-corrected chi connectivity index (χ1v) is 8.13. The van der Waals surface area contributed by atoms with Gasteiger partial charge in [-0.2, -0.15) is 0 Å². The second kappa shape index (κ2) is 6.40. The number of furan rings is 1. The Hall–Kier alpha value is -3.55. The number of rotatable bonds is 5. The van der Waals surface area contributed by atoms with Gasteiger partial charge in [0.05, 0.1) is 35.9 Å². The number of imidazole rings is 1. The van der Waals surface area contributed by atoms with Gasteiger partial charge in [-0.1, -0.05) is 12.1 Å². The molecule has 3 heterocycles. The van der Waals surface area contributed by atoms with Gasteiger partial charge in [-0.25, -0.2) is 4.98 Å². The molecule has 3 N–H and O–H groups in total. The lowest BCUT2D eigenvalue weighted by molar-refractivity contribution is -0.120. The zero-order valence-corrected chi connectivity index (χ0v) is 14.1. The number of nitrogens with zero attached hydrogens (tertiary/aromatic N) is 2. The average Bonchev–Trinajstić information content (AvgIpc) is 3.33. The molecule has 0 aliphatic carbocycles. The number of aromatic nitrogens is 3. The van der Waals surface area contributed by atoms with Gasteiger partial charge in [0.2, 0.25) is 5.91 Å². The van der Waals surface area contributed by atoms with E-state index in [4.69, 9.17) is 4.42 Å². The first-order chi connectivity index (χ1) is 12.6. The number of carbonyl (C=O) groups is 2. The lowest BCUT2D eigenvalue weighted by Crippen LogP contribution is -2.37. The van der Waals surface area contributed by atoms with E-state index in [9.17, 15) is 9.59 Å². The topological polar surface area (TPSA) is 105 Å². The fraction of sp³-hybridized carbons (Fsp3) is 0.167. The zero-order chi connectivity index (χ0) is 18.1. The standard InChI is InChI=1S/C18H17N5O3/c1-23-13-6-7-26-15(13)8-14(23)18(25)20-10-17(24)19-9-16-21-11-4-2-3-5-12(11)22-16/h2-8H,9-10H2,1H3,(H,19,24)(H,20,25)(H,21,22). The minimum absolute atomic E-state index is 0.119. The van der Waals surface area contributed by atoms with Crippen molar-refractivity contribution in [1.29, 1.82) is 0 Å². The van der Waals surface area contributed by atoms with E-state index in [-0.39, 0.29) is 24.9 Å². The molecular formula is C18H17N5O3. The number of aryl methyl sites for hydroxylation is 1. The summed E-state index contributed by atoms with van der Waals surface area (Å²) in [5.41, 5.74) is 3.65. The molecule has 4 aromatic rings. The van der Waals surface area contributed by atoms with Gasteiger partial charge in [0.15, 0.2) is 5.58 Å². The minimum atomic E-state index is -0.335. The van der Waals surface area contributed by atoms with Crippen LogP contribution in [0.15, 0.2) is 47.1 Å². The monoisotopic (exact) mass is 351 g/mol. The molecular weight excluding hydrogens is 334 g/mol. The second-order valence-electron chi connectivity index (χ2n) is 5.92. The highest BCUT2D eigenvalue weighted by Gasteiger charge is 2.15. The van der Waals surface area contributed by atoms with Crippen LogP contribution in [-0.2, 0) is 18.4 Å². The number of fused-ring (bicyclic) bond motifs is 2. The summed E-state index contributed by atoms with van der Waals surface area (Å²) in [5.74, 6) is 0.0307. The Kier molecular flexibility index (Phi) is 3.92. The van der Waals surface area contributed by atoms with Crippen LogP contribution in [0.5, 0.6) is 0 Å². The molecule has 1 aromatic carbocycles. The lowest BCUT2D eigenvalue weighted by Gasteiger charge is -2.06. The van der Waals surface area contributed by atoms with Crippen molar-refractivity contribution in [1.82, 2.24) is 25.2 Å². The number of hydrogen-bond donors (Lipinski definition) is 3. The number of aromatic amines is 1. The number of hydrogen-bond acceptors (Lipinski definition) is 4. The van der Waals surface area contributed by atoms with Gasteiger partial charge in [0.25, 0.3) is 5.91 Å². The summed E-state index contributed by atoms with van der Waals surface area (Å²) >= 11 is 0. The van der Waals surface area contributed by atoms with Crippen molar-refractivity contribution in [2.75, 3.05) is 6.54 Å². The molecule has 0 bridgehead atoms. The normalized spacial score (nSPS) is 11.1. The first kappa shape index (κ1) is 15.9. The van der Waals surface area contributed by atoms with Gasteiger partial charge in [-0.3, -0.25) is 9.59 Å². The maximum absolute atomic E-state index is 12.3. The van der Waals surface area contributed by atoms with Crippen molar-refractivity contribution in [3.8, 4) is 0 Å². The van der Waals surface area contributed by atoms with Crippen LogP contribution in [-0.4, -0.2) is 32.9 Å². The Labute approximate surface area is 148 Å². The quantitative estimate of drug-likeness (QED) is 0.509. The van der Waals surface area contributed by atoms with Crippen LogP contribution >= 0.6 is 0 Å². The molecule has 0 atom stereocenters. The summed E-state index contributed by atoms with van der Waals surface area (Å²) in [5, 5.41) is 5.34. The van der Waals surface area contributed by atoms with Gasteiger partial charge in [-0.05, 0) is 12.1 Å². The van der Waals surface area contributed by atoms with Gasteiger partial charge in [0.1, 0.15) is 11.5 Å². The number of amides is 2. The maximum atomic E-state index is 12.3.